The Balaban J connectivity index is 2.80. The quantitative estimate of drug-likeness (QED) is 0.552. The first-order valence-electron chi connectivity index (χ1n) is 3.82. The lowest BCUT2D eigenvalue weighted by atomic mass is 10.3. The average molecular weight is 218 g/mol. The second-order valence-corrected chi connectivity index (χ2v) is 3.56. The van der Waals surface area contributed by atoms with Crippen molar-refractivity contribution in [2.45, 2.75) is 12.3 Å². The van der Waals surface area contributed by atoms with E-state index in [4.69, 9.17) is 23.4 Å². The monoisotopic (exact) mass is 217 g/mol. The fourth-order valence-electron chi connectivity index (χ4n) is 0.842. The number of hydrogen-bond donors (Lipinski definition) is 0. The molecule has 0 saturated carbocycles. The zero-order valence-corrected chi connectivity index (χ0v) is 8.59. The Kier molecular flexibility index (Phi) is 3.58. The fraction of sp³-hybridized carbons (Fsp3) is 0.222. The molecule has 1 atom stereocenters. The van der Waals surface area contributed by atoms with Crippen molar-refractivity contribution < 1.29 is 4.79 Å². The number of para-hydroxylation sites is 1. The minimum atomic E-state index is -0.613. The van der Waals surface area contributed by atoms with Crippen LogP contribution in [0.25, 0.3) is 0 Å². The number of halogens is 2. The topological polar surface area (TPSA) is 20.3 Å². The molecule has 0 aliphatic carbocycles. The van der Waals surface area contributed by atoms with Crippen LogP contribution in [-0.2, 0) is 4.79 Å². The van der Waals surface area contributed by atoms with Crippen molar-refractivity contribution in [2.24, 2.45) is 0 Å². The molecule has 0 fully saturated rings. The highest BCUT2D eigenvalue weighted by Crippen LogP contribution is 2.17. The Bertz CT molecular complexity index is 287. The molecule has 0 saturated heterocycles. The summed E-state index contributed by atoms with van der Waals surface area (Å²) in [7, 11) is 0. The van der Waals surface area contributed by atoms with Crippen molar-refractivity contribution in [3.05, 3.63) is 30.3 Å². The minimum absolute atomic E-state index is 0.325. The second kappa shape index (κ2) is 4.49. The van der Waals surface area contributed by atoms with E-state index in [0.717, 1.165) is 4.42 Å². The summed E-state index contributed by atoms with van der Waals surface area (Å²) in [5, 5.41) is -0.613. The van der Waals surface area contributed by atoms with E-state index >= 15 is 0 Å². The first-order chi connectivity index (χ1) is 6.13. The van der Waals surface area contributed by atoms with Gasteiger partial charge in [0, 0.05) is 11.8 Å². The molecule has 1 amide bonds. The van der Waals surface area contributed by atoms with E-state index in [9.17, 15) is 4.79 Å². The van der Waals surface area contributed by atoms with E-state index in [-0.39, 0.29) is 5.91 Å². The Labute approximate surface area is 87.2 Å². The van der Waals surface area contributed by atoms with Gasteiger partial charge in [0.25, 0.3) is 5.91 Å². The number of alkyl halides is 1. The van der Waals surface area contributed by atoms with Crippen molar-refractivity contribution in [1.29, 1.82) is 0 Å². The van der Waals surface area contributed by atoms with Gasteiger partial charge in [-0.05, 0) is 19.1 Å². The van der Waals surface area contributed by atoms with Gasteiger partial charge in [0.15, 0.2) is 0 Å². The van der Waals surface area contributed by atoms with Crippen LogP contribution >= 0.6 is 23.4 Å². The van der Waals surface area contributed by atoms with Crippen LogP contribution in [0.15, 0.2) is 30.3 Å². The van der Waals surface area contributed by atoms with Gasteiger partial charge in [0.1, 0.15) is 5.38 Å². The van der Waals surface area contributed by atoms with E-state index in [1.54, 1.807) is 31.2 Å². The Morgan fingerprint density at radius 3 is 2.38 bits per heavy atom. The summed E-state index contributed by atoms with van der Waals surface area (Å²) in [6, 6.07) is 8.94. The minimum Gasteiger partial charge on any atom is -0.271 e. The first kappa shape index (κ1) is 10.4. The summed E-state index contributed by atoms with van der Waals surface area (Å²) >= 11 is 11.3. The van der Waals surface area contributed by atoms with E-state index < -0.39 is 5.38 Å². The summed E-state index contributed by atoms with van der Waals surface area (Å²) in [5.74, 6) is -0.325. The molecule has 0 radical (unpaired) electrons. The highest BCUT2D eigenvalue weighted by atomic mass is 35.5. The molecule has 0 bridgehead atoms. The number of benzene rings is 1. The molecule has 0 spiro atoms. The first-order valence-corrected chi connectivity index (χ1v) is 4.59. The predicted molar refractivity (Wildman–Crippen MR) is 55.1 cm³/mol. The van der Waals surface area contributed by atoms with Crippen LogP contribution in [0.3, 0.4) is 0 Å². The smallest absolute Gasteiger partial charge is 0.259 e. The molecular formula is C9H9Cl2NO. The molecule has 2 nitrogen and oxygen atoms in total. The van der Waals surface area contributed by atoms with Gasteiger partial charge in [0.2, 0.25) is 0 Å². The number of carbonyl (C=O) groups excluding carboxylic acids is 1. The largest absolute Gasteiger partial charge is 0.271 e. The number of anilines is 1. The highest BCUT2D eigenvalue weighted by Gasteiger charge is 2.17. The average Bonchev–Trinajstić information content (AvgIpc) is 2.17. The molecule has 1 aromatic carbocycles. The number of nitrogens with zero attached hydrogens (tertiary/aromatic N) is 1. The number of hydrogen-bond acceptors (Lipinski definition) is 1. The van der Waals surface area contributed by atoms with E-state index in [1.165, 1.54) is 0 Å². The van der Waals surface area contributed by atoms with Gasteiger partial charge < -0.3 is 0 Å². The van der Waals surface area contributed by atoms with Gasteiger partial charge >= 0.3 is 0 Å². The van der Waals surface area contributed by atoms with E-state index in [2.05, 4.69) is 0 Å². The van der Waals surface area contributed by atoms with Crippen molar-refractivity contribution in [2.75, 3.05) is 4.42 Å². The van der Waals surface area contributed by atoms with Gasteiger partial charge in [-0.15, -0.1) is 11.6 Å². The van der Waals surface area contributed by atoms with Crippen molar-refractivity contribution >= 4 is 35.0 Å². The van der Waals surface area contributed by atoms with Crippen molar-refractivity contribution in [3.63, 3.8) is 0 Å². The maximum atomic E-state index is 11.3. The van der Waals surface area contributed by atoms with Crippen LogP contribution in [0, 0.1) is 0 Å². The second-order valence-electron chi connectivity index (χ2n) is 2.57. The highest BCUT2D eigenvalue weighted by molar-refractivity contribution is 6.43. The van der Waals surface area contributed by atoms with Crippen LogP contribution in [0.2, 0.25) is 0 Å². The SMILES string of the molecule is CC(Cl)C(=O)N(Cl)c1ccccc1. The Hall–Kier alpha value is -0.730. The zero-order valence-electron chi connectivity index (χ0n) is 7.08. The summed E-state index contributed by atoms with van der Waals surface area (Å²) in [4.78, 5) is 11.3. The van der Waals surface area contributed by atoms with Crippen molar-refractivity contribution in [3.8, 4) is 0 Å². The lowest BCUT2D eigenvalue weighted by Crippen LogP contribution is -2.27. The Morgan fingerprint density at radius 2 is 1.92 bits per heavy atom. The van der Waals surface area contributed by atoms with E-state index in [1.807, 2.05) is 6.07 Å². The van der Waals surface area contributed by atoms with Gasteiger partial charge in [0.05, 0.1) is 5.69 Å². The molecule has 1 rings (SSSR count). The van der Waals surface area contributed by atoms with Crippen LogP contribution < -0.4 is 4.42 Å². The molecule has 1 unspecified atom stereocenters. The van der Waals surface area contributed by atoms with Crippen LogP contribution in [0.5, 0.6) is 0 Å². The number of rotatable bonds is 2. The summed E-state index contributed by atoms with van der Waals surface area (Å²) in [6.07, 6.45) is 0. The van der Waals surface area contributed by atoms with Crippen LogP contribution in [-0.4, -0.2) is 11.3 Å². The van der Waals surface area contributed by atoms with Gasteiger partial charge in [-0.1, -0.05) is 18.2 Å². The third kappa shape index (κ3) is 2.61. The number of amides is 1. The maximum absolute atomic E-state index is 11.3. The molecular weight excluding hydrogens is 209 g/mol. The lowest BCUT2D eigenvalue weighted by molar-refractivity contribution is -0.116. The van der Waals surface area contributed by atoms with Gasteiger partial charge in [-0.25, -0.2) is 4.42 Å². The standard InChI is InChI=1S/C9H9Cl2NO/c1-7(10)9(13)12(11)8-5-3-2-4-6-8/h2-7H,1H3. The van der Waals surface area contributed by atoms with E-state index in [0.29, 0.717) is 5.69 Å². The van der Waals surface area contributed by atoms with Crippen LogP contribution in [0.4, 0.5) is 5.69 Å². The molecule has 0 aliphatic rings. The Morgan fingerprint density at radius 1 is 1.38 bits per heavy atom. The maximum Gasteiger partial charge on any atom is 0.259 e. The predicted octanol–water partition coefficient (Wildman–Crippen LogP) is 2.80. The molecule has 70 valence electrons. The molecule has 0 N–H and O–H groups in total. The normalized spacial score (nSPS) is 12.2. The summed E-state index contributed by atoms with van der Waals surface area (Å²) in [5.41, 5.74) is 0.627. The molecule has 0 aliphatic heterocycles. The lowest BCUT2D eigenvalue weighted by Gasteiger charge is -2.14. The molecule has 4 heteroatoms. The molecule has 0 heterocycles. The number of carbonyl (C=O) groups is 1. The summed E-state index contributed by atoms with van der Waals surface area (Å²) < 4.78 is 1.03. The molecule has 13 heavy (non-hydrogen) atoms. The third-order valence-corrected chi connectivity index (χ3v) is 2.07. The fourth-order valence-corrected chi connectivity index (χ4v) is 1.25. The zero-order chi connectivity index (χ0) is 9.84. The van der Waals surface area contributed by atoms with Crippen LogP contribution in [0.1, 0.15) is 6.92 Å². The summed E-state index contributed by atoms with van der Waals surface area (Å²) in [6.45, 7) is 1.59. The van der Waals surface area contributed by atoms with Gasteiger partial charge in [-0.2, -0.15) is 0 Å². The van der Waals surface area contributed by atoms with Crippen molar-refractivity contribution in [1.82, 2.24) is 0 Å². The molecule has 1 aromatic rings. The third-order valence-electron chi connectivity index (χ3n) is 1.52. The van der Waals surface area contributed by atoms with Gasteiger partial charge in [-0.3, -0.25) is 4.79 Å². The molecule has 0 aromatic heterocycles.